The lowest BCUT2D eigenvalue weighted by molar-refractivity contribution is -0.128. The Morgan fingerprint density at radius 3 is 2.43 bits per heavy atom. The van der Waals surface area contributed by atoms with Crippen LogP contribution in [0.1, 0.15) is 45.6 Å². The molecule has 2 heterocycles. The van der Waals surface area contributed by atoms with Crippen LogP contribution in [-0.2, 0) is 14.9 Å². The first-order chi connectivity index (χ1) is 13.2. The fourth-order valence-corrected chi connectivity index (χ4v) is 4.25. The van der Waals surface area contributed by atoms with E-state index in [-0.39, 0.29) is 23.3 Å². The second kappa shape index (κ2) is 7.98. The Kier molecular flexibility index (Phi) is 5.82. The maximum absolute atomic E-state index is 12.5. The van der Waals surface area contributed by atoms with Crippen molar-refractivity contribution in [3.8, 4) is 0 Å². The predicted molar refractivity (Wildman–Crippen MR) is 110 cm³/mol. The zero-order valence-electron chi connectivity index (χ0n) is 17.3. The quantitative estimate of drug-likeness (QED) is 0.738. The molecule has 3 rings (SSSR count). The minimum atomic E-state index is -0.493. The monoisotopic (exact) mass is 384 g/mol. The van der Waals surface area contributed by atoms with Gasteiger partial charge in [-0.3, -0.25) is 4.79 Å². The van der Waals surface area contributed by atoms with Crippen molar-refractivity contribution < 1.29 is 14.3 Å². The van der Waals surface area contributed by atoms with E-state index in [1.54, 1.807) is 4.90 Å². The van der Waals surface area contributed by atoms with Crippen molar-refractivity contribution in [3.63, 3.8) is 0 Å². The number of hydrogen-bond acceptors (Lipinski definition) is 3. The molecule has 1 aromatic rings. The average Bonchev–Trinajstić information content (AvgIpc) is 3.01. The third kappa shape index (κ3) is 4.57. The van der Waals surface area contributed by atoms with Gasteiger partial charge in [-0.1, -0.05) is 36.4 Å². The number of carbonyl (C=O) groups is 2. The van der Waals surface area contributed by atoms with Crippen molar-refractivity contribution in [2.75, 3.05) is 26.2 Å². The van der Waals surface area contributed by atoms with E-state index in [0.717, 1.165) is 19.4 Å². The predicted octanol–water partition coefficient (Wildman–Crippen LogP) is 3.99. The topological polar surface area (TPSA) is 49.9 Å². The van der Waals surface area contributed by atoms with Gasteiger partial charge in [0.25, 0.3) is 0 Å². The van der Waals surface area contributed by atoms with E-state index < -0.39 is 5.60 Å². The number of rotatable bonds is 4. The third-order valence-corrected chi connectivity index (χ3v) is 5.83. The fraction of sp³-hybridized carbons (Fsp3) is 0.565. The van der Waals surface area contributed by atoms with E-state index in [2.05, 4.69) is 30.8 Å². The van der Waals surface area contributed by atoms with Gasteiger partial charge in [-0.05, 0) is 39.2 Å². The average molecular weight is 385 g/mol. The highest BCUT2D eigenvalue weighted by Gasteiger charge is 2.42. The summed E-state index contributed by atoms with van der Waals surface area (Å²) in [6.07, 6.45) is 3.83. The number of piperidine rings is 1. The molecule has 0 saturated carbocycles. The van der Waals surface area contributed by atoms with Gasteiger partial charge in [0.05, 0.1) is 0 Å². The molecule has 5 heteroatoms. The molecule has 1 aromatic carbocycles. The Balaban J connectivity index is 1.76. The summed E-state index contributed by atoms with van der Waals surface area (Å²) in [5, 5.41) is 0. The molecule has 2 aliphatic rings. The second-order valence-corrected chi connectivity index (χ2v) is 9.09. The molecule has 28 heavy (non-hydrogen) atoms. The number of likely N-dealkylation sites (tertiary alicyclic amines) is 2. The molecule has 0 N–H and O–H groups in total. The fourth-order valence-electron chi connectivity index (χ4n) is 4.25. The van der Waals surface area contributed by atoms with Gasteiger partial charge < -0.3 is 14.5 Å². The molecule has 5 nitrogen and oxygen atoms in total. The Morgan fingerprint density at radius 1 is 1.25 bits per heavy atom. The van der Waals surface area contributed by atoms with Crippen LogP contribution in [0.25, 0.3) is 0 Å². The van der Waals surface area contributed by atoms with Crippen LogP contribution in [0.4, 0.5) is 4.79 Å². The first kappa shape index (κ1) is 20.4. The highest BCUT2D eigenvalue weighted by molar-refractivity contribution is 5.79. The SMILES string of the molecule is C=CC1CC(=O)N(CC2(c3ccccc3)CCN(C(=O)OC(C)(C)C)CC2)C1. The molecule has 2 fully saturated rings. The van der Waals surface area contributed by atoms with Crippen LogP contribution in [0.2, 0.25) is 0 Å². The van der Waals surface area contributed by atoms with Crippen LogP contribution in [-0.4, -0.2) is 53.6 Å². The van der Waals surface area contributed by atoms with Crippen LogP contribution in [0.15, 0.2) is 43.0 Å². The smallest absolute Gasteiger partial charge is 0.410 e. The Bertz CT molecular complexity index is 715. The summed E-state index contributed by atoms with van der Waals surface area (Å²) in [6, 6.07) is 10.4. The summed E-state index contributed by atoms with van der Waals surface area (Å²) in [5.74, 6) is 0.442. The molecule has 152 valence electrons. The Morgan fingerprint density at radius 2 is 1.89 bits per heavy atom. The number of nitrogens with zero attached hydrogens (tertiary/aromatic N) is 2. The van der Waals surface area contributed by atoms with Gasteiger partial charge >= 0.3 is 6.09 Å². The van der Waals surface area contributed by atoms with Gasteiger partial charge in [0.15, 0.2) is 0 Å². The van der Waals surface area contributed by atoms with Crippen LogP contribution >= 0.6 is 0 Å². The van der Waals surface area contributed by atoms with E-state index in [9.17, 15) is 9.59 Å². The first-order valence-corrected chi connectivity index (χ1v) is 10.2. The number of hydrogen-bond donors (Lipinski definition) is 0. The van der Waals surface area contributed by atoms with E-state index in [1.165, 1.54) is 5.56 Å². The molecule has 2 amide bonds. The second-order valence-electron chi connectivity index (χ2n) is 9.09. The molecule has 2 saturated heterocycles. The molecule has 0 bridgehead atoms. The standard InChI is InChI=1S/C23H32N2O3/c1-5-18-15-20(26)25(16-18)17-23(19-9-7-6-8-10-19)11-13-24(14-12-23)21(27)28-22(2,3)4/h5-10,18H,1,11-17H2,2-4H3. The Labute approximate surface area is 168 Å². The normalized spacial score (nSPS) is 22.2. The van der Waals surface area contributed by atoms with Gasteiger partial charge in [-0.25, -0.2) is 4.79 Å². The highest BCUT2D eigenvalue weighted by Crippen LogP contribution is 2.38. The van der Waals surface area contributed by atoms with Crippen LogP contribution in [0.3, 0.4) is 0 Å². The molecular formula is C23H32N2O3. The summed E-state index contributed by atoms with van der Waals surface area (Å²) in [5.41, 5.74) is 0.617. The van der Waals surface area contributed by atoms with E-state index >= 15 is 0 Å². The van der Waals surface area contributed by atoms with Gasteiger partial charge in [-0.15, -0.1) is 6.58 Å². The lowest BCUT2D eigenvalue weighted by Gasteiger charge is -2.44. The number of ether oxygens (including phenoxy) is 1. The molecule has 0 radical (unpaired) electrons. The molecular weight excluding hydrogens is 352 g/mol. The number of benzene rings is 1. The molecule has 1 atom stereocenters. The van der Waals surface area contributed by atoms with Gasteiger partial charge in [-0.2, -0.15) is 0 Å². The summed E-state index contributed by atoms with van der Waals surface area (Å²) in [6.45, 7) is 12.2. The van der Waals surface area contributed by atoms with Crippen LogP contribution < -0.4 is 0 Å². The maximum Gasteiger partial charge on any atom is 0.410 e. The summed E-state index contributed by atoms with van der Waals surface area (Å²) >= 11 is 0. The van der Waals surface area contributed by atoms with Gasteiger partial charge in [0, 0.05) is 43.9 Å². The van der Waals surface area contributed by atoms with E-state index in [4.69, 9.17) is 4.74 Å². The largest absolute Gasteiger partial charge is 0.444 e. The zero-order chi connectivity index (χ0) is 20.4. The first-order valence-electron chi connectivity index (χ1n) is 10.2. The minimum Gasteiger partial charge on any atom is -0.444 e. The summed E-state index contributed by atoms with van der Waals surface area (Å²) in [4.78, 5) is 28.8. The highest BCUT2D eigenvalue weighted by atomic mass is 16.6. The van der Waals surface area contributed by atoms with E-state index in [0.29, 0.717) is 26.1 Å². The van der Waals surface area contributed by atoms with Crippen molar-refractivity contribution in [2.24, 2.45) is 5.92 Å². The molecule has 0 aromatic heterocycles. The van der Waals surface area contributed by atoms with Gasteiger partial charge in [0.2, 0.25) is 5.91 Å². The van der Waals surface area contributed by atoms with Crippen molar-refractivity contribution in [2.45, 2.75) is 51.0 Å². The molecule has 2 aliphatic heterocycles. The maximum atomic E-state index is 12.5. The summed E-state index contributed by atoms with van der Waals surface area (Å²) < 4.78 is 5.54. The van der Waals surface area contributed by atoms with Crippen molar-refractivity contribution in [1.29, 1.82) is 0 Å². The molecule has 1 unspecified atom stereocenters. The lowest BCUT2D eigenvalue weighted by Crippen LogP contribution is -2.51. The van der Waals surface area contributed by atoms with Crippen molar-refractivity contribution in [3.05, 3.63) is 48.6 Å². The minimum absolute atomic E-state index is 0.133. The van der Waals surface area contributed by atoms with E-state index in [1.807, 2.05) is 37.8 Å². The lowest BCUT2D eigenvalue weighted by atomic mass is 9.72. The van der Waals surface area contributed by atoms with Crippen molar-refractivity contribution >= 4 is 12.0 Å². The molecule has 0 spiro atoms. The molecule has 0 aliphatic carbocycles. The van der Waals surface area contributed by atoms with Crippen molar-refractivity contribution in [1.82, 2.24) is 9.80 Å². The number of carbonyl (C=O) groups excluding carboxylic acids is 2. The van der Waals surface area contributed by atoms with Gasteiger partial charge in [0.1, 0.15) is 5.60 Å². The van der Waals surface area contributed by atoms with Crippen LogP contribution in [0.5, 0.6) is 0 Å². The zero-order valence-corrected chi connectivity index (χ0v) is 17.3. The summed E-state index contributed by atoms with van der Waals surface area (Å²) in [7, 11) is 0. The van der Waals surface area contributed by atoms with Crippen LogP contribution in [0, 0.1) is 5.92 Å². The third-order valence-electron chi connectivity index (χ3n) is 5.83. The number of amides is 2. The Hall–Kier alpha value is -2.30.